The Balaban J connectivity index is 1.62. The first-order chi connectivity index (χ1) is 13.3. The van der Waals surface area contributed by atoms with E-state index in [1.54, 1.807) is 36.4 Å². The van der Waals surface area contributed by atoms with E-state index in [0.717, 1.165) is 0 Å². The number of nitrogens with two attached hydrogens (primary N) is 2. The summed E-state index contributed by atoms with van der Waals surface area (Å²) in [7, 11) is -3.73. The number of rotatable bonds is 7. The zero-order valence-corrected chi connectivity index (χ0v) is 16.2. The second-order valence-electron chi connectivity index (χ2n) is 5.74. The molecule has 10 heteroatoms. The fourth-order valence-corrected chi connectivity index (χ4v) is 3.91. The Morgan fingerprint density at radius 3 is 1.82 bits per heavy atom. The lowest BCUT2D eigenvalue weighted by molar-refractivity contribution is 0.567. The number of hydrogen-bond donors (Lipinski definition) is 4. The van der Waals surface area contributed by atoms with Gasteiger partial charge in [0.15, 0.2) is 0 Å². The second kappa shape index (κ2) is 8.19. The molecule has 1 atom stereocenters. The largest absolute Gasteiger partial charge is 0.399 e. The molecule has 0 aliphatic heterocycles. The van der Waals surface area contributed by atoms with Gasteiger partial charge in [-0.25, -0.2) is 8.42 Å². The Morgan fingerprint density at radius 1 is 0.750 bits per heavy atom. The van der Waals surface area contributed by atoms with Crippen LogP contribution in [0.1, 0.15) is 0 Å². The summed E-state index contributed by atoms with van der Waals surface area (Å²) >= 11 is -1.83. The van der Waals surface area contributed by atoms with Gasteiger partial charge in [-0.1, -0.05) is 0 Å². The van der Waals surface area contributed by atoms with Gasteiger partial charge in [0.1, 0.15) is 5.75 Å². The maximum absolute atomic E-state index is 12.4. The van der Waals surface area contributed by atoms with Crippen LogP contribution in [0.3, 0.4) is 0 Å². The molecule has 0 bridgehead atoms. The normalized spacial score (nSPS) is 12.1. The van der Waals surface area contributed by atoms with Crippen molar-refractivity contribution in [2.75, 3.05) is 20.9 Å². The van der Waals surface area contributed by atoms with Gasteiger partial charge in [-0.3, -0.25) is 9.44 Å². The molecule has 8 nitrogen and oxygen atoms in total. The Morgan fingerprint density at radius 2 is 1.25 bits per heavy atom. The van der Waals surface area contributed by atoms with Gasteiger partial charge in [0, 0.05) is 22.7 Å². The van der Waals surface area contributed by atoms with E-state index in [0.29, 0.717) is 28.5 Å². The minimum atomic E-state index is -3.73. The lowest BCUT2D eigenvalue weighted by Gasteiger charge is -2.10. The van der Waals surface area contributed by atoms with Gasteiger partial charge in [-0.2, -0.15) is 4.21 Å². The van der Waals surface area contributed by atoms with E-state index in [9.17, 15) is 12.6 Å². The van der Waals surface area contributed by atoms with E-state index in [4.69, 9.17) is 15.7 Å². The summed E-state index contributed by atoms with van der Waals surface area (Å²) in [6, 6.07) is 18.6. The third kappa shape index (κ3) is 5.15. The van der Waals surface area contributed by atoms with Crippen LogP contribution in [0, 0.1) is 0 Å². The van der Waals surface area contributed by atoms with Crippen molar-refractivity contribution in [1.82, 2.24) is 0 Å². The fraction of sp³-hybridized carbons (Fsp3) is 0. The molecule has 1 unspecified atom stereocenters. The van der Waals surface area contributed by atoms with Crippen molar-refractivity contribution in [3.8, 4) is 5.75 Å². The molecule has 0 aliphatic rings. The van der Waals surface area contributed by atoms with E-state index >= 15 is 0 Å². The molecule has 3 aromatic carbocycles. The number of nitrogens with one attached hydrogen (secondary N) is 2. The molecule has 0 radical (unpaired) electrons. The minimum absolute atomic E-state index is 0.0990. The summed E-state index contributed by atoms with van der Waals surface area (Å²) in [6.07, 6.45) is 0. The van der Waals surface area contributed by atoms with Crippen LogP contribution < -0.4 is 25.1 Å². The van der Waals surface area contributed by atoms with Gasteiger partial charge < -0.3 is 15.7 Å². The van der Waals surface area contributed by atoms with Gasteiger partial charge in [0.2, 0.25) is 0 Å². The minimum Gasteiger partial charge on any atom is -0.399 e. The Hall–Kier alpha value is -3.24. The third-order valence-electron chi connectivity index (χ3n) is 3.58. The zero-order chi connectivity index (χ0) is 20.1. The number of anilines is 4. The van der Waals surface area contributed by atoms with Crippen LogP contribution >= 0.6 is 0 Å². The van der Waals surface area contributed by atoms with Gasteiger partial charge in [0.05, 0.1) is 4.90 Å². The summed E-state index contributed by atoms with van der Waals surface area (Å²) in [6.45, 7) is 0. The monoisotopic (exact) mass is 418 g/mol. The van der Waals surface area contributed by atoms with Gasteiger partial charge in [-0.05, 0) is 72.8 Å². The van der Waals surface area contributed by atoms with Crippen molar-refractivity contribution in [2.24, 2.45) is 0 Å². The average Bonchev–Trinajstić information content (AvgIpc) is 2.65. The molecular weight excluding hydrogens is 400 g/mol. The molecule has 0 heterocycles. The summed E-state index contributed by atoms with van der Waals surface area (Å²) < 4.78 is 47.1. The molecule has 28 heavy (non-hydrogen) atoms. The van der Waals surface area contributed by atoms with Crippen molar-refractivity contribution in [2.45, 2.75) is 4.90 Å². The molecule has 0 amide bonds. The van der Waals surface area contributed by atoms with Crippen molar-refractivity contribution in [3.63, 3.8) is 0 Å². The quantitative estimate of drug-likeness (QED) is 0.436. The number of benzene rings is 3. The first kappa shape index (κ1) is 19.5. The molecule has 0 saturated carbocycles. The fourth-order valence-electron chi connectivity index (χ4n) is 2.20. The van der Waals surface area contributed by atoms with Crippen LogP contribution in [-0.4, -0.2) is 12.6 Å². The van der Waals surface area contributed by atoms with E-state index in [1.165, 1.54) is 36.4 Å². The second-order valence-corrected chi connectivity index (χ2v) is 8.26. The standard InChI is InChI=1S/C18H18N4O4S2/c19-13-1-9-17(10-2-13)26-27(23)21-15-5-7-16(8-6-15)22-28(24,25)18-11-3-14(20)4-12-18/h1-12,21-22H,19-20H2. The number of hydrogen-bond acceptors (Lipinski definition) is 6. The summed E-state index contributed by atoms with van der Waals surface area (Å²) in [4.78, 5) is 0.0990. The highest BCUT2D eigenvalue weighted by atomic mass is 32.2. The average molecular weight is 419 g/mol. The highest BCUT2D eigenvalue weighted by Crippen LogP contribution is 2.20. The third-order valence-corrected chi connectivity index (χ3v) is 5.72. The highest BCUT2D eigenvalue weighted by Gasteiger charge is 2.14. The Kier molecular flexibility index (Phi) is 5.71. The van der Waals surface area contributed by atoms with Crippen LogP contribution in [0.15, 0.2) is 77.7 Å². The van der Waals surface area contributed by atoms with E-state index in [2.05, 4.69) is 9.44 Å². The summed E-state index contributed by atoms with van der Waals surface area (Å²) in [5, 5.41) is 0. The first-order valence-corrected chi connectivity index (χ1v) is 10.6. The van der Waals surface area contributed by atoms with Crippen LogP contribution in [0.25, 0.3) is 0 Å². The molecule has 146 valence electrons. The van der Waals surface area contributed by atoms with Gasteiger partial charge in [0.25, 0.3) is 10.0 Å². The molecule has 6 N–H and O–H groups in total. The summed E-state index contributed by atoms with van der Waals surface area (Å²) in [5.74, 6) is 0.396. The molecule has 0 spiro atoms. The smallest absolute Gasteiger partial charge is 0.316 e. The molecule has 3 rings (SSSR count). The first-order valence-electron chi connectivity index (χ1n) is 8.02. The number of sulfonamides is 1. The molecule has 0 saturated heterocycles. The lowest BCUT2D eigenvalue weighted by Crippen LogP contribution is -2.13. The maximum atomic E-state index is 12.4. The topological polar surface area (TPSA) is 137 Å². The zero-order valence-electron chi connectivity index (χ0n) is 14.5. The molecule has 0 aliphatic carbocycles. The van der Waals surface area contributed by atoms with Crippen molar-refractivity contribution in [3.05, 3.63) is 72.8 Å². The number of nitrogen functional groups attached to an aromatic ring is 2. The van der Waals surface area contributed by atoms with Crippen LogP contribution in [0.5, 0.6) is 5.75 Å². The van der Waals surface area contributed by atoms with E-state index < -0.39 is 21.3 Å². The van der Waals surface area contributed by atoms with Crippen LogP contribution in [0.2, 0.25) is 0 Å². The SMILES string of the molecule is Nc1ccc(OS(=O)Nc2ccc(NS(=O)(=O)c3ccc(N)cc3)cc2)cc1. The maximum Gasteiger partial charge on any atom is 0.316 e. The molecule has 0 aromatic heterocycles. The van der Waals surface area contributed by atoms with Crippen LogP contribution in [0.4, 0.5) is 22.7 Å². The molecular formula is C18H18N4O4S2. The van der Waals surface area contributed by atoms with E-state index in [-0.39, 0.29) is 4.90 Å². The van der Waals surface area contributed by atoms with E-state index in [1.807, 2.05) is 0 Å². The predicted molar refractivity (Wildman–Crippen MR) is 111 cm³/mol. The highest BCUT2D eigenvalue weighted by molar-refractivity contribution is 7.92. The van der Waals surface area contributed by atoms with Gasteiger partial charge in [-0.15, -0.1) is 0 Å². The van der Waals surface area contributed by atoms with Crippen LogP contribution in [-0.2, 0) is 21.3 Å². The lowest BCUT2D eigenvalue weighted by atomic mass is 10.3. The Bertz CT molecular complexity index is 1070. The van der Waals surface area contributed by atoms with Crippen molar-refractivity contribution < 1.29 is 16.8 Å². The van der Waals surface area contributed by atoms with Crippen molar-refractivity contribution in [1.29, 1.82) is 0 Å². The van der Waals surface area contributed by atoms with Gasteiger partial charge >= 0.3 is 11.3 Å². The predicted octanol–water partition coefficient (Wildman–Crippen LogP) is 2.72. The molecule has 0 fully saturated rings. The molecule has 3 aromatic rings. The Labute approximate surface area is 165 Å². The van der Waals surface area contributed by atoms with Crippen molar-refractivity contribution >= 4 is 44.0 Å². The summed E-state index contributed by atoms with van der Waals surface area (Å²) in [5.41, 5.74) is 13.0.